The third-order valence-corrected chi connectivity index (χ3v) is 4.53. The molecule has 8 nitrogen and oxygen atoms in total. The van der Waals surface area contributed by atoms with E-state index >= 15 is 0 Å². The van der Waals surface area contributed by atoms with Gasteiger partial charge in [-0.1, -0.05) is 18.2 Å². The van der Waals surface area contributed by atoms with Crippen molar-refractivity contribution in [2.45, 2.75) is 0 Å². The van der Waals surface area contributed by atoms with E-state index in [2.05, 4.69) is 20.4 Å². The number of benzene rings is 2. The van der Waals surface area contributed by atoms with E-state index in [1.165, 1.54) is 0 Å². The average Bonchev–Trinajstić information content (AvgIpc) is 3.13. The number of nitrogens with two attached hydrogens (primary N) is 1. The Morgan fingerprint density at radius 1 is 0.857 bits per heavy atom. The predicted octanol–water partition coefficient (Wildman–Crippen LogP) is 3.29. The van der Waals surface area contributed by atoms with Gasteiger partial charge in [-0.05, 0) is 29.8 Å². The van der Waals surface area contributed by atoms with Crippen molar-refractivity contribution in [2.75, 3.05) is 27.1 Å². The summed E-state index contributed by atoms with van der Waals surface area (Å²) in [7, 11) is 4.81. The number of H-pyrrole nitrogens is 1. The molecule has 0 bridgehead atoms. The van der Waals surface area contributed by atoms with Crippen LogP contribution in [0, 0.1) is 0 Å². The molecule has 0 aliphatic carbocycles. The number of aromatic amines is 1. The van der Waals surface area contributed by atoms with Crippen LogP contribution >= 0.6 is 0 Å². The minimum absolute atomic E-state index is 0.346. The van der Waals surface area contributed by atoms with Crippen molar-refractivity contribution in [3.05, 3.63) is 42.5 Å². The lowest BCUT2D eigenvalue weighted by Crippen LogP contribution is -1.97. The van der Waals surface area contributed by atoms with Crippen LogP contribution in [0.15, 0.2) is 42.5 Å². The van der Waals surface area contributed by atoms with Crippen molar-refractivity contribution < 1.29 is 14.2 Å². The monoisotopic (exact) mass is 377 g/mol. The van der Waals surface area contributed by atoms with Crippen molar-refractivity contribution >= 4 is 16.9 Å². The lowest BCUT2D eigenvalue weighted by Gasteiger charge is -2.13. The van der Waals surface area contributed by atoms with Gasteiger partial charge in [0.1, 0.15) is 11.4 Å². The van der Waals surface area contributed by atoms with E-state index in [9.17, 15) is 0 Å². The third-order valence-electron chi connectivity index (χ3n) is 4.53. The van der Waals surface area contributed by atoms with Gasteiger partial charge in [-0.15, -0.1) is 10.2 Å². The van der Waals surface area contributed by atoms with Gasteiger partial charge in [-0.25, -0.2) is 0 Å². The highest BCUT2D eigenvalue weighted by molar-refractivity contribution is 6.05. The van der Waals surface area contributed by atoms with Gasteiger partial charge >= 0.3 is 0 Å². The van der Waals surface area contributed by atoms with Gasteiger partial charge in [-0.3, -0.25) is 5.10 Å². The maximum absolute atomic E-state index is 6.15. The summed E-state index contributed by atoms with van der Waals surface area (Å²) in [6, 6.07) is 13.3. The van der Waals surface area contributed by atoms with Crippen molar-refractivity contribution in [3.8, 4) is 39.6 Å². The Labute approximate surface area is 161 Å². The number of nitrogens with one attached hydrogen (secondary N) is 1. The fourth-order valence-corrected chi connectivity index (χ4v) is 3.18. The maximum Gasteiger partial charge on any atom is 0.180 e. The molecule has 0 aliphatic rings. The van der Waals surface area contributed by atoms with E-state index in [1.54, 1.807) is 21.3 Å². The molecule has 4 aromatic rings. The number of aromatic nitrogens is 4. The average molecular weight is 377 g/mol. The third kappa shape index (κ3) is 2.84. The van der Waals surface area contributed by atoms with Crippen LogP contribution in [0.5, 0.6) is 17.2 Å². The van der Waals surface area contributed by atoms with Crippen LogP contribution < -0.4 is 19.9 Å². The molecule has 0 unspecified atom stereocenters. The SMILES string of the molecule is COc1cccc(-c2nnc3[nH]nc(N)c3c2-c2ccc(OC)c(OC)c2)c1. The molecule has 0 aliphatic heterocycles. The Kier molecular flexibility index (Phi) is 4.44. The summed E-state index contributed by atoms with van der Waals surface area (Å²) in [6.45, 7) is 0. The van der Waals surface area contributed by atoms with Gasteiger partial charge in [0.15, 0.2) is 23.0 Å². The van der Waals surface area contributed by atoms with Gasteiger partial charge in [0.2, 0.25) is 0 Å². The van der Waals surface area contributed by atoms with Gasteiger partial charge in [0.25, 0.3) is 0 Å². The van der Waals surface area contributed by atoms with E-state index in [0.29, 0.717) is 34.0 Å². The molecular weight excluding hydrogens is 358 g/mol. The quantitative estimate of drug-likeness (QED) is 0.549. The molecule has 0 fully saturated rings. The Balaban J connectivity index is 2.04. The van der Waals surface area contributed by atoms with Crippen LogP contribution in [0.4, 0.5) is 5.82 Å². The second kappa shape index (κ2) is 7.07. The topological polar surface area (TPSA) is 108 Å². The molecule has 3 N–H and O–H groups in total. The number of ether oxygens (including phenoxy) is 3. The molecule has 2 aromatic carbocycles. The Morgan fingerprint density at radius 2 is 1.68 bits per heavy atom. The second-order valence-corrected chi connectivity index (χ2v) is 6.06. The van der Waals surface area contributed by atoms with Crippen molar-refractivity contribution in [2.24, 2.45) is 0 Å². The maximum atomic E-state index is 6.15. The lowest BCUT2D eigenvalue weighted by molar-refractivity contribution is 0.355. The van der Waals surface area contributed by atoms with E-state index < -0.39 is 0 Å². The molecule has 0 spiro atoms. The van der Waals surface area contributed by atoms with E-state index in [4.69, 9.17) is 19.9 Å². The normalized spacial score (nSPS) is 10.8. The summed E-state index contributed by atoms with van der Waals surface area (Å²) in [5.74, 6) is 2.30. The van der Waals surface area contributed by atoms with Crippen molar-refractivity contribution in [1.82, 2.24) is 20.4 Å². The predicted molar refractivity (Wildman–Crippen MR) is 107 cm³/mol. The van der Waals surface area contributed by atoms with Gasteiger partial charge in [0, 0.05) is 11.1 Å². The molecule has 142 valence electrons. The summed E-state index contributed by atoms with van der Waals surface area (Å²) in [5, 5.41) is 16.3. The molecule has 0 saturated carbocycles. The Morgan fingerprint density at radius 3 is 2.43 bits per heavy atom. The van der Waals surface area contributed by atoms with Crippen LogP contribution in [-0.4, -0.2) is 41.7 Å². The first-order chi connectivity index (χ1) is 13.7. The summed E-state index contributed by atoms with van der Waals surface area (Å²) in [5.41, 5.74) is 9.81. The minimum atomic E-state index is 0.346. The number of nitrogens with zero attached hydrogens (tertiary/aromatic N) is 3. The number of rotatable bonds is 5. The zero-order chi connectivity index (χ0) is 19.7. The standard InChI is InChI=1S/C20H19N5O3/c1-26-13-6-4-5-12(9-13)18-16(17-19(21)23-25-20(17)24-22-18)11-7-8-14(27-2)15(10-11)28-3/h4-10H,1-3H3,(H3,21,23,24,25). The highest BCUT2D eigenvalue weighted by Crippen LogP contribution is 2.41. The zero-order valence-electron chi connectivity index (χ0n) is 15.7. The molecule has 2 heterocycles. The van der Waals surface area contributed by atoms with E-state index in [-0.39, 0.29) is 0 Å². The number of nitrogen functional groups attached to an aromatic ring is 1. The molecule has 28 heavy (non-hydrogen) atoms. The van der Waals surface area contributed by atoms with Gasteiger partial charge in [-0.2, -0.15) is 5.10 Å². The van der Waals surface area contributed by atoms with E-state index in [0.717, 1.165) is 22.4 Å². The first-order valence-corrected chi connectivity index (χ1v) is 8.53. The van der Waals surface area contributed by atoms with Crippen molar-refractivity contribution in [1.29, 1.82) is 0 Å². The van der Waals surface area contributed by atoms with Gasteiger partial charge in [0.05, 0.1) is 26.7 Å². The summed E-state index contributed by atoms with van der Waals surface area (Å²) >= 11 is 0. The van der Waals surface area contributed by atoms with Crippen LogP contribution in [0.2, 0.25) is 0 Å². The fourth-order valence-electron chi connectivity index (χ4n) is 3.18. The summed E-state index contributed by atoms with van der Waals surface area (Å²) in [4.78, 5) is 0. The fraction of sp³-hybridized carbons (Fsp3) is 0.150. The second-order valence-electron chi connectivity index (χ2n) is 6.06. The van der Waals surface area contributed by atoms with Crippen LogP contribution in [0.1, 0.15) is 0 Å². The zero-order valence-corrected chi connectivity index (χ0v) is 15.7. The molecule has 4 rings (SSSR count). The number of methoxy groups -OCH3 is 3. The van der Waals surface area contributed by atoms with Crippen LogP contribution in [0.3, 0.4) is 0 Å². The minimum Gasteiger partial charge on any atom is -0.497 e. The molecule has 0 atom stereocenters. The Bertz CT molecular complexity index is 1160. The summed E-state index contributed by atoms with van der Waals surface area (Å²) < 4.78 is 16.2. The lowest BCUT2D eigenvalue weighted by atomic mass is 9.96. The van der Waals surface area contributed by atoms with Crippen LogP contribution in [0.25, 0.3) is 33.4 Å². The first kappa shape index (κ1) is 17.6. The number of hydrogen-bond acceptors (Lipinski definition) is 7. The van der Waals surface area contributed by atoms with Gasteiger partial charge < -0.3 is 19.9 Å². The number of fused-ring (bicyclic) bond motifs is 1. The molecule has 0 amide bonds. The Hall–Kier alpha value is -3.81. The highest BCUT2D eigenvalue weighted by Gasteiger charge is 2.20. The molecule has 8 heteroatoms. The molecule has 0 saturated heterocycles. The highest BCUT2D eigenvalue weighted by atomic mass is 16.5. The smallest absolute Gasteiger partial charge is 0.180 e. The largest absolute Gasteiger partial charge is 0.497 e. The number of anilines is 1. The first-order valence-electron chi connectivity index (χ1n) is 8.53. The number of hydrogen-bond donors (Lipinski definition) is 2. The molecule has 2 aromatic heterocycles. The molecule has 0 radical (unpaired) electrons. The molecular formula is C20H19N5O3. The van der Waals surface area contributed by atoms with Crippen LogP contribution in [-0.2, 0) is 0 Å². The van der Waals surface area contributed by atoms with Crippen molar-refractivity contribution in [3.63, 3.8) is 0 Å². The summed E-state index contributed by atoms with van der Waals surface area (Å²) in [6.07, 6.45) is 0. The van der Waals surface area contributed by atoms with E-state index in [1.807, 2.05) is 42.5 Å².